The number of hydrogen-bond acceptors (Lipinski definition) is 5. The largest absolute Gasteiger partial charge is 0.480 e. The fourth-order valence-electron chi connectivity index (χ4n) is 2.08. The molecule has 18 heavy (non-hydrogen) atoms. The molecule has 1 saturated heterocycles. The Labute approximate surface area is 105 Å². The van der Waals surface area contributed by atoms with Gasteiger partial charge in [-0.3, -0.25) is 4.79 Å². The van der Waals surface area contributed by atoms with Gasteiger partial charge in [-0.1, -0.05) is 6.92 Å². The van der Waals surface area contributed by atoms with Crippen LogP contribution in [-0.4, -0.2) is 53.1 Å². The molecule has 1 heterocycles. The summed E-state index contributed by atoms with van der Waals surface area (Å²) in [4.78, 5) is 35.6. The number of rotatable bonds is 4. The summed E-state index contributed by atoms with van der Waals surface area (Å²) in [5.41, 5.74) is 5.48. The number of aliphatic carboxylic acids is 1. The Kier molecular flexibility index (Phi) is 4.66. The highest BCUT2D eigenvalue weighted by Crippen LogP contribution is 2.24. The van der Waals surface area contributed by atoms with Gasteiger partial charge in [0.05, 0.1) is 6.61 Å². The van der Waals surface area contributed by atoms with E-state index in [4.69, 9.17) is 10.8 Å². The van der Waals surface area contributed by atoms with Crippen molar-refractivity contribution >= 4 is 17.8 Å². The molecule has 1 amide bonds. The predicted molar refractivity (Wildman–Crippen MR) is 61.5 cm³/mol. The Morgan fingerprint density at radius 1 is 1.50 bits per heavy atom. The maximum atomic E-state index is 12.0. The lowest BCUT2D eigenvalue weighted by Gasteiger charge is -2.25. The van der Waals surface area contributed by atoms with E-state index >= 15 is 0 Å². The molecule has 0 saturated carbocycles. The van der Waals surface area contributed by atoms with Crippen LogP contribution in [-0.2, 0) is 19.1 Å². The van der Waals surface area contributed by atoms with Crippen LogP contribution in [0.3, 0.4) is 0 Å². The predicted octanol–water partition coefficient (Wildman–Crippen LogP) is -0.802. The summed E-state index contributed by atoms with van der Waals surface area (Å²) in [6.07, 6.45) is 0.582. The molecule has 102 valence electrons. The van der Waals surface area contributed by atoms with Crippen molar-refractivity contribution in [2.75, 3.05) is 13.2 Å². The monoisotopic (exact) mass is 258 g/mol. The molecule has 1 aliphatic rings. The van der Waals surface area contributed by atoms with E-state index in [0.29, 0.717) is 13.0 Å². The molecular weight excluding hydrogens is 240 g/mol. The molecule has 0 radical (unpaired) electrons. The van der Waals surface area contributed by atoms with Gasteiger partial charge in [-0.15, -0.1) is 0 Å². The third kappa shape index (κ3) is 2.79. The van der Waals surface area contributed by atoms with Gasteiger partial charge in [-0.25, -0.2) is 9.59 Å². The van der Waals surface area contributed by atoms with E-state index < -0.39 is 29.9 Å². The van der Waals surface area contributed by atoms with Gasteiger partial charge in [0.15, 0.2) is 6.04 Å². The van der Waals surface area contributed by atoms with Crippen molar-refractivity contribution in [2.45, 2.75) is 32.4 Å². The molecule has 1 rings (SSSR count). The lowest BCUT2D eigenvalue weighted by Crippen LogP contribution is -2.53. The number of ether oxygens (including phenoxy) is 1. The summed E-state index contributed by atoms with van der Waals surface area (Å²) in [5.74, 6) is -2.75. The van der Waals surface area contributed by atoms with E-state index in [9.17, 15) is 14.4 Å². The molecule has 7 heteroatoms. The van der Waals surface area contributed by atoms with Crippen molar-refractivity contribution in [2.24, 2.45) is 11.7 Å². The Morgan fingerprint density at radius 3 is 2.61 bits per heavy atom. The fraction of sp³-hybridized carbons (Fsp3) is 0.727. The minimum absolute atomic E-state index is 0.124. The van der Waals surface area contributed by atoms with Gasteiger partial charge in [0.1, 0.15) is 6.04 Å². The molecule has 3 atom stereocenters. The minimum atomic E-state index is -1.45. The van der Waals surface area contributed by atoms with Crippen molar-refractivity contribution in [3.63, 3.8) is 0 Å². The van der Waals surface area contributed by atoms with Gasteiger partial charge >= 0.3 is 11.9 Å². The second-order valence-corrected chi connectivity index (χ2v) is 4.31. The number of amides is 1. The fourth-order valence-corrected chi connectivity index (χ4v) is 2.08. The third-order valence-electron chi connectivity index (χ3n) is 3.04. The molecule has 7 nitrogen and oxygen atoms in total. The van der Waals surface area contributed by atoms with E-state index in [1.807, 2.05) is 0 Å². The van der Waals surface area contributed by atoms with E-state index in [-0.39, 0.29) is 12.5 Å². The maximum absolute atomic E-state index is 12.0. The van der Waals surface area contributed by atoms with E-state index in [2.05, 4.69) is 4.74 Å². The summed E-state index contributed by atoms with van der Waals surface area (Å²) in [6.45, 7) is 3.78. The first kappa shape index (κ1) is 14.4. The summed E-state index contributed by atoms with van der Waals surface area (Å²) >= 11 is 0. The SMILES string of the molecule is CCOC(=O)C(N)C(=O)N1CCC(C)C1C(=O)O. The van der Waals surface area contributed by atoms with Crippen LogP contribution in [0.25, 0.3) is 0 Å². The van der Waals surface area contributed by atoms with E-state index in [1.54, 1.807) is 13.8 Å². The summed E-state index contributed by atoms with van der Waals surface area (Å²) in [6, 6.07) is -2.37. The third-order valence-corrected chi connectivity index (χ3v) is 3.04. The molecule has 3 unspecified atom stereocenters. The number of carbonyl (C=O) groups excluding carboxylic acids is 2. The van der Waals surface area contributed by atoms with E-state index in [1.165, 1.54) is 0 Å². The van der Waals surface area contributed by atoms with Gasteiger partial charge in [-0.2, -0.15) is 0 Å². The van der Waals surface area contributed by atoms with Gasteiger partial charge in [-0.05, 0) is 19.3 Å². The van der Waals surface area contributed by atoms with Crippen LogP contribution in [0.4, 0.5) is 0 Å². The van der Waals surface area contributed by atoms with Crippen LogP contribution in [0, 0.1) is 5.92 Å². The number of likely N-dealkylation sites (tertiary alicyclic amines) is 1. The zero-order valence-electron chi connectivity index (χ0n) is 10.5. The maximum Gasteiger partial charge on any atom is 0.332 e. The average Bonchev–Trinajstić information content (AvgIpc) is 2.69. The van der Waals surface area contributed by atoms with Crippen LogP contribution in [0.5, 0.6) is 0 Å². The molecule has 0 aliphatic carbocycles. The normalized spacial score (nSPS) is 24.7. The molecule has 0 spiro atoms. The van der Waals surface area contributed by atoms with Gasteiger partial charge in [0.2, 0.25) is 0 Å². The Morgan fingerprint density at radius 2 is 2.11 bits per heavy atom. The van der Waals surface area contributed by atoms with Crippen LogP contribution >= 0.6 is 0 Å². The Hall–Kier alpha value is -1.63. The van der Waals surface area contributed by atoms with Gasteiger partial charge in [0.25, 0.3) is 5.91 Å². The average molecular weight is 258 g/mol. The second kappa shape index (κ2) is 5.81. The molecular formula is C11H18N2O5. The highest BCUT2D eigenvalue weighted by molar-refractivity contribution is 6.03. The molecule has 1 fully saturated rings. The lowest BCUT2D eigenvalue weighted by atomic mass is 10.0. The highest BCUT2D eigenvalue weighted by Gasteiger charge is 2.42. The zero-order chi connectivity index (χ0) is 13.9. The number of carboxylic acid groups (broad SMARTS) is 1. The first-order chi connectivity index (χ1) is 8.40. The van der Waals surface area contributed by atoms with Crippen LogP contribution < -0.4 is 5.73 Å². The van der Waals surface area contributed by atoms with Crippen LogP contribution in [0.2, 0.25) is 0 Å². The smallest absolute Gasteiger partial charge is 0.332 e. The number of carboxylic acids is 1. The topological polar surface area (TPSA) is 110 Å². The summed E-state index contributed by atoms with van der Waals surface area (Å²) < 4.78 is 4.65. The Balaban J connectivity index is 2.77. The molecule has 0 bridgehead atoms. The van der Waals surface area contributed by atoms with E-state index in [0.717, 1.165) is 4.90 Å². The van der Waals surface area contributed by atoms with Crippen LogP contribution in [0.1, 0.15) is 20.3 Å². The lowest BCUT2D eigenvalue weighted by molar-refractivity contribution is -0.156. The minimum Gasteiger partial charge on any atom is -0.480 e. The van der Waals surface area contributed by atoms with Gasteiger partial charge < -0.3 is 20.5 Å². The van der Waals surface area contributed by atoms with Crippen LogP contribution in [0.15, 0.2) is 0 Å². The first-order valence-corrected chi connectivity index (χ1v) is 5.85. The number of hydrogen-bond donors (Lipinski definition) is 2. The first-order valence-electron chi connectivity index (χ1n) is 5.85. The summed E-state index contributed by atoms with van der Waals surface area (Å²) in [7, 11) is 0. The molecule has 0 aromatic carbocycles. The van der Waals surface area contributed by atoms with Crippen molar-refractivity contribution in [3.8, 4) is 0 Å². The summed E-state index contributed by atoms with van der Waals surface area (Å²) in [5, 5.41) is 9.08. The van der Waals surface area contributed by atoms with Gasteiger partial charge in [0, 0.05) is 6.54 Å². The number of carbonyl (C=O) groups is 3. The van der Waals surface area contributed by atoms with Crippen molar-refractivity contribution in [1.29, 1.82) is 0 Å². The van der Waals surface area contributed by atoms with Crippen molar-refractivity contribution in [3.05, 3.63) is 0 Å². The second-order valence-electron chi connectivity index (χ2n) is 4.31. The number of esters is 1. The highest BCUT2D eigenvalue weighted by atomic mass is 16.5. The molecule has 1 aliphatic heterocycles. The molecule has 0 aromatic rings. The molecule has 0 aromatic heterocycles. The number of nitrogens with two attached hydrogens (primary N) is 1. The standard InChI is InChI=1S/C11H18N2O5/c1-3-18-11(17)7(12)9(14)13-5-4-6(2)8(13)10(15)16/h6-8H,3-5,12H2,1-2H3,(H,15,16). The molecule has 3 N–H and O–H groups in total. The van der Waals surface area contributed by atoms with Crippen molar-refractivity contribution < 1.29 is 24.2 Å². The Bertz CT molecular complexity index is 357. The zero-order valence-corrected chi connectivity index (χ0v) is 10.5. The van der Waals surface area contributed by atoms with Crippen molar-refractivity contribution in [1.82, 2.24) is 4.90 Å². The quantitative estimate of drug-likeness (QED) is 0.504. The number of nitrogens with zero attached hydrogens (tertiary/aromatic N) is 1.